The molecular weight excluding hydrogens is 262 g/mol. The second kappa shape index (κ2) is 6.29. The molecule has 0 radical (unpaired) electrons. The molecule has 0 aliphatic heterocycles. The SMILES string of the molecule is COc1ccc(Cl)cc1C(=O)N[C@H]1CCCC[C@H]1C. The number of rotatable bonds is 3. The monoisotopic (exact) mass is 281 g/mol. The van der Waals surface area contributed by atoms with Gasteiger partial charge in [-0.1, -0.05) is 31.4 Å². The minimum absolute atomic E-state index is 0.0990. The van der Waals surface area contributed by atoms with Crippen LogP contribution < -0.4 is 10.1 Å². The number of carbonyl (C=O) groups is 1. The highest BCUT2D eigenvalue weighted by molar-refractivity contribution is 6.31. The first-order valence-electron chi connectivity index (χ1n) is 6.76. The molecule has 1 N–H and O–H groups in total. The summed E-state index contributed by atoms with van der Waals surface area (Å²) in [4.78, 5) is 12.3. The van der Waals surface area contributed by atoms with Crippen molar-refractivity contribution in [3.05, 3.63) is 28.8 Å². The Kier molecular flexibility index (Phi) is 4.70. The van der Waals surface area contributed by atoms with Crippen LogP contribution in [0.4, 0.5) is 0 Å². The summed E-state index contributed by atoms with van der Waals surface area (Å²) < 4.78 is 5.22. The van der Waals surface area contributed by atoms with E-state index in [1.165, 1.54) is 19.3 Å². The Hall–Kier alpha value is -1.22. The summed E-state index contributed by atoms with van der Waals surface area (Å²) in [7, 11) is 1.56. The zero-order chi connectivity index (χ0) is 13.8. The van der Waals surface area contributed by atoms with Gasteiger partial charge in [0.2, 0.25) is 0 Å². The second-order valence-corrected chi connectivity index (χ2v) is 5.62. The molecule has 0 spiro atoms. The molecule has 2 atom stereocenters. The minimum Gasteiger partial charge on any atom is -0.496 e. The normalized spacial score (nSPS) is 22.9. The van der Waals surface area contributed by atoms with Gasteiger partial charge in [0.15, 0.2) is 0 Å². The van der Waals surface area contributed by atoms with Gasteiger partial charge in [-0.05, 0) is 37.0 Å². The van der Waals surface area contributed by atoms with E-state index in [9.17, 15) is 4.79 Å². The molecule has 1 aromatic rings. The third kappa shape index (κ3) is 3.41. The molecule has 0 aromatic heterocycles. The van der Waals surface area contributed by atoms with Gasteiger partial charge in [-0.3, -0.25) is 4.79 Å². The zero-order valence-electron chi connectivity index (χ0n) is 11.4. The molecule has 104 valence electrons. The molecule has 2 rings (SSSR count). The first-order valence-corrected chi connectivity index (χ1v) is 7.14. The molecule has 1 aliphatic rings. The van der Waals surface area contributed by atoms with E-state index in [0.717, 1.165) is 6.42 Å². The van der Waals surface area contributed by atoms with Crippen molar-refractivity contribution in [2.24, 2.45) is 5.92 Å². The molecule has 3 nitrogen and oxygen atoms in total. The first-order chi connectivity index (χ1) is 9.11. The summed E-state index contributed by atoms with van der Waals surface area (Å²) in [5.74, 6) is 0.992. The van der Waals surface area contributed by atoms with Crippen molar-refractivity contribution in [3.63, 3.8) is 0 Å². The van der Waals surface area contributed by atoms with E-state index >= 15 is 0 Å². The molecule has 0 unspecified atom stereocenters. The summed E-state index contributed by atoms with van der Waals surface area (Å²) >= 11 is 5.95. The zero-order valence-corrected chi connectivity index (χ0v) is 12.2. The Morgan fingerprint density at radius 3 is 2.79 bits per heavy atom. The smallest absolute Gasteiger partial charge is 0.255 e. The van der Waals surface area contributed by atoms with Crippen molar-refractivity contribution in [3.8, 4) is 5.75 Å². The van der Waals surface area contributed by atoms with E-state index in [-0.39, 0.29) is 11.9 Å². The average molecular weight is 282 g/mol. The summed E-state index contributed by atoms with van der Waals surface area (Å²) in [5.41, 5.74) is 0.507. The molecule has 19 heavy (non-hydrogen) atoms. The molecule has 1 saturated carbocycles. The lowest BCUT2D eigenvalue weighted by Crippen LogP contribution is -2.41. The van der Waals surface area contributed by atoms with Crippen LogP contribution in [0.25, 0.3) is 0 Å². The Morgan fingerprint density at radius 2 is 2.11 bits per heavy atom. The van der Waals surface area contributed by atoms with Crippen molar-refractivity contribution < 1.29 is 9.53 Å². The molecule has 0 saturated heterocycles. The van der Waals surface area contributed by atoms with Crippen LogP contribution in [0.15, 0.2) is 18.2 Å². The fourth-order valence-corrected chi connectivity index (χ4v) is 2.81. The van der Waals surface area contributed by atoms with Crippen LogP contribution in [-0.2, 0) is 0 Å². The number of hydrogen-bond donors (Lipinski definition) is 1. The standard InChI is InChI=1S/C15H20ClNO2/c1-10-5-3-4-6-13(10)17-15(18)12-9-11(16)7-8-14(12)19-2/h7-10,13H,3-6H2,1-2H3,(H,17,18)/t10-,13+/m1/s1. The fourth-order valence-electron chi connectivity index (χ4n) is 2.63. The summed E-state index contributed by atoms with van der Waals surface area (Å²) in [6.45, 7) is 2.19. The summed E-state index contributed by atoms with van der Waals surface area (Å²) in [5, 5.41) is 3.65. The number of methoxy groups -OCH3 is 1. The van der Waals surface area contributed by atoms with E-state index in [1.54, 1.807) is 25.3 Å². The predicted molar refractivity (Wildman–Crippen MR) is 76.9 cm³/mol. The molecule has 1 amide bonds. The van der Waals surface area contributed by atoms with E-state index in [4.69, 9.17) is 16.3 Å². The lowest BCUT2D eigenvalue weighted by molar-refractivity contribution is 0.0907. The second-order valence-electron chi connectivity index (χ2n) is 5.19. The third-order valence-corrected chi connectivity index (χ3v) is 4.07. The number of ether oxygens (including phenoxy) is 1. The fraction of sp³-hybridized carbons (Fsp3) is 0.533. The van der Waals surface area contributed by atoms with Gasteiger partial charge < -0.3 is 10.1 Å². The van der Waals surface area contributed by atoms with Crippen molar-refractivity contribution in [2.75, 3.05) is 7.11 Å². The van der Waals surface area contributed by atoms with Crippen molar-refractivity contribution in [2.45, 2.75) is 38.6 Å². The van der Waals surface area contributed by atoms with Gasteiger partial charge in [-0.15, -0.1) is 0 Å². The Bertz CT molecular complexity index is 461. The lowest BCUT2D eigenvalue weighted by Gasteiger charge is -2.29. The number of carbonyl (C=O) groups excluding carboxylic acids is 1. The van der Waals surface area contributed by atoms with Crippen molar-refractivity contribution >= 4 is 17.5 Å². The maximum Gasteiger partial charge on any atom is 0.255 e. The highest BCUT2D eigenvalue weighted by Crippen LogP contribution is 2.26. The number of benzene rings is 1. The maximum atomic E-state index is 12.3. The first kappa shape index (κ1) is 14.2. The number of hydrogen-bond acceptors (Lipinski definition) is 2. The van der Waals surface area contributed by atoms with Gasteiger partial charge in [0, 0.05) is 11.1 Å². The quantitative estimate of drug-likeness (QED) is 0.918. The van der Waals surface area contributed by atoms with Crippen LogP contribution >= 0.6 is 11.6 Å². The predicted octanol–water partition coefficient (Wildman–Crippen LogP) is 3.66. The van der Waals surface area contributed by atoms with Crippen LogP contribution in [0.3, 0.4) is 0 Å². The number of halogens is 1. The van der Waals surface area contributed by atoms with Gasteiger partial charge in [0.1, 0.15) is 5.75 Å². The minimum atomic E-state index is -0.0990. The summed E-state index contributed by atoms with van der Waals surface area (Å²) in [6, 6.07) is 5.36. The van der Waals surface area contributed by atoms with Gasteiger partial charge in [0.05, 0.1) is 12.7 Å². The Balaban J connectivity index is 2.13. The van der Waals surface area contributed by atoms with Crippen LogP contribution in [0.2, 0.25) is 5.02 Å². The van der Waals surface area contributed by atoms with E-state index < -0.39 is 0 Å². The van der Waals surface area contributed by atoms with E-state index in [1.807, 2.05) is 0 Å². The molecule has 0 bridgehead atoms. The summed E-state index contributed by atoms with van der Waals surface area (Å²) in [6.07, 6.45) is 4.67. The van der Waals surface area contributed by atoms with Crippen LogP contribution in [0.5, 0.6) is 5.75 Å². The van der Waals surface area contributed by atoms with Gasteiger partial charge in [0.25, 0.3) is 5.91 Å². The molecule has 1 aromatic carbocycles. The van der Waals surface area contributed by atoms with Crippen LogP contribution in [-0.4, -0.2) is 19.1 Å². The molecule has 1 aliphatic carbocycles. The highest BCUT2D eigenvalue weighted by atomic mass is 35.5. The largest absolute Gasteiger partial charge is 0.496 e. The van der Waals surface area contributed by atoms with Crippen molar-refractivity contribution in [1.29, 1.82) is 0 Å². The molecule has 1 fully saturated rings. The molecular formula is C15H20ClNO2. The molecule has 4 heteroatoms. The van der Waals surface area contributed by atoms with Gasteiger partial charge in [-0.25, -0.2) is 0 Å². The average Bonchev–Trinajstić information content (AvgIpc) is 2.41. The number of nitrogens with one attached hydrogen (secondary N) is 1. The lowest BCUT2D eigenvalue weighted by atomic mass is 9.86. The van der Waals surface area contributed by atoms with Gasteiger partial charge in [-0.2, -0.15) is 0 Å². The Morgan fingerprint density at radius 1 is 1.37 bits per heavy atom. The van der Waals surface area contributed by atoms with Crippen LogP contribution in [0.1, 0.15) is 43.0 Å². The van der Waals surface area contributed by atoms with Crippen molar-refractivity contribution in [1.82, 2.24) is 5.32 Å². The van der Waals surface area contributed by atoms with E-state index in [2.05, 4.69) is 12.2 Å². The van der Waals surface area contributed by atoms with Gasteiger partial charge >= 0.3 is 0 Å². The number of amides is 1. The Labute approximate surface area is 119 Å². The van der Waals surface area contributed by atoms with Crippen LogP contribution in [0, 0.1) is 5.92 Å². The molecule has 0 heterocycles. The topological polar surface area (TPSA) is 38.3 Å². The highest BCUT2D eigenvalue weighted by Gasteiger charge is 2.24. The van der Waals surface area contributed by atoms with E-state index in [0.29, 0.717) is 22.3 Å². The third-order valence-electron chi connectivity index (χ3n) is 3.83. The maximum absolute atomic E-state index is 12.3.